The molecular formula is C22H31N3O2S+2. The van der Waals surface area contributed by atoms with Gasteiger partial charge in [0.05, 0.1) is 14.2 Å². The van der Waals surface area contributed by atoms with E-state index in [1.807, 2.05) is 24.3 Å². The molecule has 3 N–H and O–H groups in total. The maximum absolute atomic E-state index is 12.9. The summed E-state index contributed by atoms with van der Waals surface area (Å²) in [4.78, 5) is 17.6. The fourth-order valence-corrected chi connectivity index (χ4v) is 5.60. The number of anilines is 1. The van der Waals surface area contributed by atoms with Crippen molar-refractivity contribution in [3.63, 3.8) is 0 Å². The van der Waals surface area contributed by atoms with Crippen LogP contribution in [-0.2, 0) is 19.4 Å². The summed E-state index contributed by atoms with van der Waals surface area (Å²) >= 11 is 1.81. The Morgan fingerprint density at radius 1 is 1.11 bits per heavy atom. The summed E-state index contributed by atoms with van der Waals surface area (Å²) in [5.74, 6) is 0.741. The lowest BCUT2D eigenvalue weighted by molar-refractivity contribution is -1.01. The predicted octanol–water partition coefficient (Wildman–Crippen LogP) is 0.801. The van der Waals surface area contributed by atoms with E-state index < -0.39 is 0 Å². The van der Waals surface area contributed by atoms with E-state index in [1.165, 1.54) is 55.0 Å². The van der Waals surface area contributed by atoms with Crippen LogP contribution >= 0.6 is 11.3 Å². The Morgan fingerprint density at radius 2 is 1.82 bits per heavy atom. The van der Waals surface area contributed by atoms with Gasteiger partial charge in [0.1, 0.15) is 43.5 Å². The van der Waals surface area contributed by atoms with Crippen LogP contribution in [-0.4, -0.2) is 46.2 Å². The standard InChI is InChI=1S/C22H29N3O2S/c1-24-11-13-25(14-12-24)15-19-18-5-3-4-6-20(18)28-22(19)23-21(26)16-7-9-17(27-2)10-8-16/h7-10H,3-6,11-15H2,1-2H3,(H,23,26)/p+2. The van der Waals surface area contributed by atoms with E-state index in [4.69, 9.17) is 4.74 Å². The highest BCUT2D eigenvalue weighted by Crippen LogP contribution is 2.38. The van der Waals surface area contributed by atoms with E-state index in [1.54, 1.807) is 28.2 Å². The lowest BCUT2D eigenvalue weighted by Gasteiger charge is -2.28. The highest BCUT2D eigenvalue weighted by Gasteiger charge is 2.27. The number of carbonyl (C=O) groups is 1. The SMILES string of the molecule is COc1ccc(C(=O)Nc2sc3c(c2C[NH+]2CC[NH+](C)CC2)CCCC3)cc1. The van der Waals surface area contributed by atoms with Gasteiger partial charge in [-0.05, 0) is 55.5 Å². The smallest absolute Gasteiger partial charge is 0.256 e. The minimum atomic E-state index is -0.0275. The number of fused-ring (bicyclic) bond motifs is 1. The first-order valence-electron chi connectivity index (χ1n) is 10.4. The Labute approximate surface area is 171 Å². The molecule has 0 bridgehead atoms. The van der Waals surface area contributed by atoms with Gasteiger partial charge in [0.2, 0.25) is 0 Å². The van der Waals surface area contributed by atoms with Crippen molar-refractivity contribution in [2.24, 2.45) is 0 Å². The van der Waals surface area contributed by atoms with Crippen molar-refractivity contribution in [1.82, 2.24) is 0 Å². The van der Waals surface area contributed by atoms with Crippen LogP contribution < -0.4 is 19.9 Å². The van der Waals surface area contributed by atoms with Crippen molar-refractivity contribution in [3.8, 4) is 5.75 Å². The van der Waals surface area contributed by atoms with Crippen LogP contribution in [0.2, 0.25) is 0 Å². The molecule has 28 heavy (non-hydrogen) atoms. The van der Waals surface area contributed by atoms with Gasteiger partial charge in [-0.1, -0.05) is 0 Å². The highest BCUT2D eigenvalue weighted by atomic mass is 32.1. The molecule has 1 amide bonds. The van der Waals surface area contributed by atoms with Crippen molar-refractivity contribution in [2.75, 3.05) is 45.7 Å². The third-order valence-electron chi connectivity index (χ3n) is 6.10. The predicted molar refractivity (Wildman–Crippen MR) is 113 cm³/mol. The monoisotopic (exact) mass is 401 g/mol. The molecule has 2 aliphatic rings. The number of piperazine rings is 1. The summed E-state index contributed by atoms with van der Waals surface area (Å²) in [5.41, 5.74) is 3.60. The number of amides is 1. The topological polar surface area (TPSA) is 47.2 Å². The molecule has 150 valence electrons. The zero-order valence-electron chi connectivity index (χ0n) is 16.9. The summed E-state index contributed by atoms with van der Waals surface area (Å²) in [6.07, 6.45) is 4.86. The van der Waals surface area contributed by atoms with Crippen LogP contribution in [0.5, 0.6) is 5.75 Å². The van der Waals surface area contributed by atoms with Gasteiger partial charge in [-0.3, -0.25) is 4.79 Å². The first-order valence-corrected chi connectivity index (χ1v) is 11.2. The Morgan fingerprint density at radius 3 is 2.54 bits per heavy atom. The zero-order valence-corrected chi connectivity index (χ0v) is 17.7. The number of benzene rings is 1. The Kier molecular flexibility index (Phi) is 5.99. The second kappa shape index (κ2) is 8.64. The number of likely N-dealkylation sites (N-methyl/N-ethyl adjacent to an activating group) is 1. The molecule has 0 unspecified atom stereocenters. The number of hydrogen-bond acceptors (Lipinski definition) is 3. The van der Waals surface area contributed by atoms with E-state index in [0.717, 1.165) is 30.1 Å². The average molecular weight is 402 g/mol. The van der Waals surface area contributed by atoms with E-state index >= 15 is 0 Å². The summed E-state index contributed by atoms with van der Waals surface area (Å²) in [5, 5.41) is 4.32. The van der Waals surface area contributed by atoms with Crippen molar-refractivity contribution in [2.45, 2.75) is 32.2 Å². The van der Waals surface area contributed by atoms with Crippen LogP contribution in [0.15, 0.2) is 24.3 Å². The Bertz CT molecular complexity index is 823. The lowest BCUT2D eigenvalue weighted by atomic mass is 9.95. The lowest BCUT2D eigenvalue weighted by Crippen LogP contribution is -3.26. The zero-order chi connectivity index (χ0) is 19.5. The fraction of sp³-hybridized carbons (Fsp3) is 0.500. The Balaban J connectivity index is 1.55. The minimum absolute atomic E-state index is 0.0275. The van der Waals surface area contributed by atoms with E-state index in [2.05, 4.69) is 12.4 Å². The number of hydrogen-bond donors (Lipinski definition) is 3. The largest absolute Gasteiger partial charge is 0.497 e. The van der Waals surface area contributed by atoms with Gasteiger partial charge < -0.3 is 19.9 Å². The van der Waals surface area contributed by atoms with Gasteiger partial charge >= 0.3 is 0 Å². The molecule has 1 aromatic carbocycles. The number of nitrogens with one attached hydrogen (secondary N) is 3. The number of carbonyl (C=O) groups excluding carboxylic acids is 1. The molecule has 1 fully saturated rings. The van der Waals surface area contributed by atoms with E-state index in [9.17, 15) is 4.79 Å². The number of rotatable bonds is 5. The van der Waals surface area contributed by atoms with Gasteiger partial charge in [-0.2, -0.15) is 0 Å². The second-order valence-electron chi connectivity index (χ2n) is 8.09. The maximum atomic E-state index is 12.9. The first kappa shape index (κ1) is 19.4. The van der Waals surface area contributed by atoms with Crippen molar-refractivity contribution in [1.29, 1.82) is 0 Å². The highest BCUT2D eigenvalue weighted by molar-refractivity contribution is 7.16. The molecule has 2 aromatic rings. The van der Waals surface area contributed by atoms with E-state index in [0.29, 0.717) is 5.56 Å². The molecular weight excluding hydrogens is 370 g/mol. The molecule has 5 nitrogen and oxygen atoms in total. The van der Waals surface area contributed by atoms with Gasteiger partial charge in [-0.25, -0.2) is 0 Å². The van der Waals surface area contributed by atoms with Crippen LogP contribution in [0.1, 0.15) is 39.2 Å². The third kappa shape index (κ3) is 4.24. The van der Waals surface area contributed by atoms with Gasteiger partial charge in [0.25, 0.3) is 5.91 Å². The molecule has 0 atom stereocenters. The number of ether oxygens (including phenoxy) is 1. The number of thiophene rings is 1. The second-order valence-corrected chi connectivity index (χ2v) is 9.19. The molecule has 4 rings (SSSR count). The third-order valence-corrected chi connectivity index (χ3v) is 7.35. The van der Waals surface area contributed by atoms with Gasteiger partial charge in [0.15, 0.2) is 0 Å². The molecule has 0 radical (unpaired) electrons. The van der Waals surface area contributed by atoms with Gasteiger partial charge in [-0.15, -0.1) is 11.3 Å². The van der Waals surface area contributed by atoms with Crippen molar-refractivity contribution >= 4 is 22.2 Å². The van der Waals surface area contributed by atoms with Crippen molar-refractivity contribution in [3.05, 3.63) is 45.8 Å². The fourth-order valence-electron chi connectivity index (χ4n) is 4.29. The normalized spacial score (nSPS) is 21.8. The first-order chi connectivity index (χ1) is 13.6. The molecule has 1 aliphatic carbocycles. The van der Waals surface area contributed by atoms with Gasteiger partial charge in [0, 0.05) is 16.0 Å². The summed E-state index contributed by atoms with van der Waals surface area (Å²) in [6, 6.07) is 7.34. The molecule has 0 spiro atoms. The molecule has 2 heterocycles. The molecule has 1 aliphatic heterocycles. The molecule has 0 saturated carbocycles. The maximum Gasteiger partial charge on any atom is 0.256 e. The van der Waals surface area contributed by atoms with Crippen LogP contribution in [0.3, 0.4) is 0 Å². The number of aryl methyl sites for hydroxylation is 1. The average Bonchev–Trinajstić information content (AvgIpc) is 3.06. The number of methoxy groups -OCH3 is 1. The summed E-state index contributed by atoms with van der Waals surface area (Å²) in [6.45, 7) is 5.92. The molecule has 1 aromatic heterocycles. The van der Waals surface area contributed by atoms with Crippen LogP contribution in [0.4, 0.5) is 5.00 Å². The number of quaternary nitrogens is 2. The Hall–Kier alpha value is -1.89. The summed E-state index contributed by atoms with van der Waals surface area (Å²) < 4.78 is 5.20. The summed E-state index contributed by atoms with van der Waals surface area (Å²) in [7, 11) is 3.92. The molecule has 1 saturated heterocycles. The van der Waals surface area contributed by atoms with E-state index in [-0.39, 0.29) is 5.91 Å². The molecule has 6 heteroatoms. The van der Waals surface area contributed by atoms with Crippen molar-refractivity contribution < 1.29 is 19.3 Å². The van der Waals surface area contributed by atoms with Crippen LogP contribution in [0.25, 0.3) is 0 Å². The van der Waals surface area contributed by atoms with Crippen LogP contribution in [0, 0.1) is 0 Å². The quantitative estimate of drug-likeness (QED) is 0.694. The minimum Gasteiger partial charge on any atom is -0.497 e.